The molecule has 17 heavy (non-hydrogen) atoms. The number of nitrogens with zero attached hydrogens (tertiary/aromatic N) is 1. The summed E-state index contributed by atoms with van der Waals surface area (Å²) in [4.78, 5) is 3.96. The lowest BCUT2D eigenvalue weighted by atomic mass is 10.3. The number of nitrogen functional groups attached to an aromatic ring is 1. The molecule has 0 unspecified atom stereocenters. The predicted octanol–water partition coefficient (Wildman–Crippen LogP) is 2.44. The molecule has 0 aliphatic heterocycles. The fourth-order valence-corrected chi connectivity index (χ4v) is 1.21. The number of ether oxygens (including phenoxy) is 1. The summed E-state index contributed by atoms with van der Waals surface area (Å²) in [5.41, 5.74) is 2.35. The highest BCUT2D eigenvalue weighted by molar-refractivity contribution is 5.37. The molecule has 4 nitrogen and oxygen atoms in total. The Kier molecular flexibility index (Phi) is 3.15. The van der Waals surface area contributed by atoms with Crippen molar-refractivity contribution in [3.8, 4) is 11.6 Å². The predicted molar refractivity (Wildman–Crippen MR) is 58.5 cm³/mol. The number of nitrogens with one attached hydrogen (secondary N) is 1. The van der Waals surface area contributed by atoms with Crippen molar-refractivity contribution in [1.29, 1.82) is 0 Å². The first-order valence-electron chi connectivity index (χ1n) is 4.75. The van der Waals surface area contributed by atoms with Gasteiger partial charge in [0.25, 0.3) is 0 Å². The third kappa shape index (κ3) is 2.67. The summed E-state index contributed by atoms with van der Waals surface area (Å²) < 4.78 is 30.8. The third-order valence-electron chi connectivity index (χ3n) is 1.98. The fraction of sp³-hybridized carbons (Fsp3) is 0. The van der Waals surface area contributed by atoms with E-state index in [1.807, 2.05) is 0 Å². The summed E-state index contributed by atoms with van der Waals surface area (Å²) in [6.45, 7) is 0. The Morgan fingerprint density at radius 1 is 1.12 bits per heavy atom. The van der Waals surface area contributed by atoms with E-state index in [0.717, 1.165) is 12.1 Å². The number of pyridine rings is 1. The van der Waals surface area contributed by atoms with Gasteiger partial charge in [-0.2, -0.15) is 4.98 Å². The Bertz CT molecular complexity index is 534. The number of anilines is 1. The van der Waals surface area contributed by atoms with Crippen molar-refractivity contribution in [1.82, 2.24) is 4.98 Å². The van der Waals surface area contributed by atoms with Crippen molar-refractivity contribution in [2.24, 2.45) is 5.84 Å². The average molecular weight is 237 g/mol. The molecule has 88 valence electrons. The van der Waals surface area contributed by atoms with Gasteiger partial charge in [-0.1, -0.05) is 6.07 Å². The van der Waals surface area contributed by atoms with E-state index in [0.29, 0.717) is 5.82 Å². The van der Waals surface area contributed by atoms with Crippen molar-refractivity contribution >= 4 is 5.82 Å². The molecule has 3 N–H and O–H groups in total. The van der Waals surface area contributed by atoms with Crippen molar-refractivity contribution in [3.63, 3.8) is 0 Å². The van der Waals surface area contributed by atoms with Gasteiger partial charge in [0.1, 0.15) is 11.6 Å². The van der Waals surface area contributed by atoms with Gasteiger partial charge in [0, 0.05) is 12.1 Å². The van der Waals surface area contributed by atoms with Crippen LogP contribution in [0.25, 0.3) is 0 Å². The summed E-state index contributed by atoms with van der Waals surface area (Å²) in [7, 11) is 0. The molecule has 0 fully saturated rings. The average Bonchev–Trinajstić information content (AvgIpc) is 2.34. The Balaban J connectivity index is 2.22. The molecule has 0 atom stereocenters. The maximum absolute atomic E-state index is 12.9. The molecule has 0 saturated carbocycles. The number of rotatable bonds is 3. The lowest BCUT2D eigenvalue weighted by molar-refractivity contribution is 0.448. The Labute approximate surface area is 96.0 Å². The zero-order valence-corrected chi connectivity index (χ0v) is 8.65. The molecular formula is C11H9F2N3O. The lowest BCUT2D eigenvalue weighted by Gasteiger charge is -2.06. The highest BCUT2D eigenvalue weighted by atomic mass is 19.2. The van der Waals surface area contributed by atoms with Crippen molar-refractivity contribution in [2.75, 3.05) is 5.43 Å². The quantitative estimate of drug-likeness (QED) is 0.635. The smallest absolute Gasteiger partial charge is 0.221 e. The van der Waals surface area contributed by atoms with Crippen LogP contribution >= 0.6 is 0 Å². The van der Waals surface area contributed by atoms with Crippen LogP contribution in [0.1, 0.15) is 0 Å². The lowest BCUT2D eigenvalue weighted by Crippen LogP contribution is -2.08. The van der Waals surface area contributed by atoms with Crippen LogP contribution in [0.15, 0.2) is 36.4 Å². The van der Waals surface area contributed by atoms with E-state index < -0.39 is 11.6 Å². The second-order valence-corrected chi connectivity index (χ2v) is 3.18. The van der Waals surface area contributed by atoms with E-state index in [1.165, 1.54) is 6.07 Å². The number of nitrogens with two attached hydrogens (primary N) is 1. The second-order valence-electron chi connectivity index (χ2n) is 3.18. The molecule has 0 spiro atoms. The van der Waals surface area contributed by atoms with Gasteiger partial charge in [-0.15, -0.1) is 0 Å². The van der Waals surface area contributed by atoms with Gasteiger partial charge in [0.15, 0.2) is 11.6 Å². The van der Waals surface area contributed by atoms with Crippen molar-refractivity contribution < 1.29 is 13.5 Å². The minimum Gasteiger partial charge on any atom is -0.439 e. The van der Waals surface area contributed by atoms with E-state index in [9.17, 15) is 8.78 Å². The van der Waals surface area contributed by atoms with Gasteiger partial charge in [-0.25, -0.2) is 14.6 Å². The first-order chi connectivity index (χ1) is 8.19. The number of hydrazine groups is 1. The molecule has 0 saturated heterocycles. The zero-order chi connectivity index (χ0) is 12.3. The van der Waals surface area contributed by atoms with Crippen LogP contribution in [0.2, 0.25) is 0 Å². The second kappa shape index (κ2) is 4.75. The molecule has 2 rings (SSSR count). The highest BCUT2D eigenvalue weighted by Gasteiger charge is 2.05. The van der Waals surface area contributed by atoms with E-state index in [2.05, 4.69) is 10.4 Å². The minimum atomic E-state index is -0.976. The van der Waals surface area contributed by atoms with Gasteiger partial charge in [-0.05, 0) is 18.2 Å². The Morgan fingerprint density at radius 3 is 2.65 bits per heavy atom. The van der Waals surface area contributed by atoms with E-state index in [-0.39, 0.29) is 11.6 Å². The standard InChI is InChI=1S/C11H9F2N3O/c12-8-5-4-7(6-9(8)13)17-11-3-1-2-10(15-11)16-14/h1-6H,14H2,(H,15,16). The molecule has 0 bridgehead atoms. The van der Waals surface area contributed by atoms with Gasteiger partial charge < -0.3 is 10.2 Å². The molecule has 0 aliphatic rings. The van der Waals surface area contributed by atoms with Crippen LogP contribution in [-0.2, 0) is 0 Å². The van der Waals surface area contributed by atoms with Crippen LogP contribution < -0.4 is 16.0 Å². The normalized spacial score (nSPS) is 10.1. The number of hydrogen-bond donors (Lipinski definition) is 2. The van der Waals surface area contributed by atoms with E-state index in [1.54, 1.807) is 18.2 Å². The summed E-state index contributed by atoms with van der Waals surface area (Å²) in [5, 5.41) is 0. The van der Waals surface area contributed by atoms with Crippen molar-refractivity contribution in [2.45, 2.75) is 0 Å². The van der Waals surface area contributed by atoms with Crippen LogP contribution in [-0.4, -0.2) is 4.98 Å². The number of hydrogen-bond acceptors (Lipinski definition) is 4. The van der Waals surface area contributed by atoms with Gasteiger partial charge >= 0.3 is 0 Å². The Morgan fingerprint density at radius 2 is 1.94 bits per heavy atom. The van der Waals surface area contributed by atoms with Crippen molar-refractivity contribution in [3.05, 3.63) is 48.0 Å². The largest absolute Gasteiger partial charge is 0.439 e. The molecule has 2 aromatic rings. The minimum absolute atomic E-state index is 0.158. The summed E-state index contributed by atoms with van der Waals surface area (Å²) >= 11 is 0. The number of aromatic nitrogens is 1. The van der Waals surface area contributed by atoms with Crippen LogP contribution in [0.5, 0.6) is 11.6 Å². The summed E-state index contributed by atoms with van der Waals surface area (Å²) in [5.74, 6) is 4.07. The first-order valence-corrected chi connectivity index (χ1v) is 4.75. The molecule has 1 aromatic carbocycles. The molecule has 0 aliphatic carbocycles. The monoisotopic (exact) mass is 237 g/mol. The van der Waals surface area contributed by atoms with Crippen LogP contribution in [0, 0.1) is 11.6 Å². The maximum Gasteiger partial charge on any atom is 0.221 e. The highest BCUT2D eigenvalue weighted by Crippen LogP contribution is 2.22. The molecule has 1 heterocycles. The number of benzene rings is 1. The maximum atomic E-state index is 12.9. The van der Waals surface area contributed by atoms with Crippen LogP contribution in [0.3, 0.4) is 0 Å². The molecule has 1 aromatic heterocycles. The molecule has 6 heteroatoms. The summed E-state index contributed by atoms with van der Waals surface area (Å²) in [6, 6.07) is 8.11. The fourth-order valence-electron chi connectivity index (χ4n) is 1.21. The topological polar surface area (TPSA) is 60.2 Å². The van der Waals surface area contributed by atoms with E-state index in [4.69, 9.17) is 10.6 Å². The molecule has 0 amide bonds. The van der Waals surface area contributed by atoms with Gasteiger partial charge in [-0.3, -0.25) is 0 Å². The van der Waals surface area contributed by atoms with Gasteiger partial charge in [0.05, 0.1) is 0 Å². The SMILES string of the molecule is NNc1cccc(Oc2ccc(F)c(F)c2)n1. The van der Waals surface area contributed by atoms with Gasteiger partial charge in [0.2, 0.25) is 5.88 Å². The zero-order valence-electron chi connectivity index (χ0n) is 8.65. The molecule has 0 radical (unpaired) electrons. The first kappa shape index (κ1) is 11.3. The summed E-state index contributed by atoms with van der Waals surface area (Å²) in [6.07, 6.45) is 0. The Hall–Kier alpha value is -2.21. The third-order valence-corrected chi connectivity index (χ3v) is 1.98. The van der Waals surface area contributed by atoms with E-state index >= 15 is 0 Å². The number of halogens is 2. The van der Waals surface area contributed by atoms with Crippen LogP contribution in [0.4, 0.5) is 14.6 Å². The molecular weight excluding hydrogens is 228 g/mol.